The molecule has 0 fully saturated rings. The van der Waals surface area contributed by atoms with Crippen molar-refractivity contribution >= 4 is 27.8 Å². The summed E-state index contributed by atoms with van der Waals surface area (Å²) in [7, 11) is 0. The normalized spacial score (nSPS) is 13.8. The Hall–Kier alpha value is -7.74. The van der Waals surface area contributed by atoms with Gasteiger partial charge in [0.05, 0.1) is 5.41 Å². The summed E-state index contributed by atoms with van der Waals surface area (Å²) in [4.78, 5) is 2.48. The average Bonchev–Trinajstić information content (AvgIpc) is 3.78. The van der Waals surface area contributed by atoms with Crippen LogP contribution >= 0.6 is 0 Å². The highest BCUT2D eigenvalue weighted by atomic mass is 15.1. The lowest BCUT2D eigenvalue weighted by atomic mass is 9.67. The third-order valence-electron chi connectivity index (χ3n) is 14.0. The molecule has 0 saturated carbocycles. The zero-order chi connectivity index (χ0) is 42.1. The highest BCUT2D eigenvalue weighted by Gasteiger charge is 2.47. The van der Waals surface area contributed by atoms with Crippen molar-refractivity contribution in [2.45, 2.75) is 24.7 Å². The van der Waals surface area contributed by atoms with Gasteiger partial charge in [-0.3, -0.25) is 0 Å². The molecule has 12 rings (SSSR count). The summed E-state index contributed by atoms with van der Waals surface area (Å²) in [5.74, 6) is 0. The monoisotopic (exact) mass is 803 g/mol. The first kappa shape index (κ1) is 37.1. The maximum Gasteiger partial charge on any atom is 0.0714 e. The number of hydrogen-bond acceptors (Lipinski definition) is 1. The molecule has 63 heavy (non-hydrogen) atoms. The lowest BCUT2D eigenvalue weighted by Crippen LogP contribution is -2.28. The predicted molar refractivity (Wildman–Crippen MR) is 264 cm³/mol. The number of fused-ring (bicyclic) bond motifs is 8. The fourth-order valence-electron chi connectivity index (χ4n) is 11.1. The minimum Gasteiger partial charge on any atom is -0.310 e. The molecule has 0 radical (unpaired) electrons. The molecular weight excluding hydrogens is 759 g/mol. The van der Waals surface area contributed by atoms with E-state index in [0.29, 0.717) is 0 Å². The summed E-state index contributed by atoms with van der Waals surface area (Å²) < 4.78 is 0. The fourth-order valence-corrected chi connectivity index (χ4v) is 11.1. The van der Waals surface area contributed by atoms with Crippen LogP contribution in [0.2, 0.25) is 0 Å². The SMILES string of the molecule is CC1(C)c2ccccc2-c2ccc(N(c3ccc(-c4ccccc4)cc3)c3ccc4c(c3)C(c3ccccc3)(c3ccccc3)c3ccc5c(-c6ccccc6)cccc5c3-4)cc21. The van der Waals surface area contributed by atoms with Crippen LogP contribution in [0.3, 0.4) is 0 Å². The first-order valence-electron chi connectivity index (χ1n) is 22.1. The molecule has 1 heteroatoms. The molecule has 0 saturated heterocycles. The van der Waals surface area contributed by atoms with Crippen molar-refractivity contribution < 1.29 is 0 Å². The van der Waals surface area contributed by atoms with Crippen LogP contribution in [0.1, 0.15) is 47.2 Å². The van der Waals surface area contributed by atoms with Gasteiger partial charge in [-0.2, -0.15) is 0 Å². The van der Waals surface area contributed by atoms with E-state index in [1.807, 2.05) is 0 Å². The maximum atomic E-state index is 2.50. The Kier molecular flexibility index (Phi) is 8.49. The van der Waals surface area contributed by atoms with Gasteiger partial charge in [0.2, 0.25) is 0 Å². The van der Waals surface area contributed by atoms with E-state index in [1.165, 1.54) is 88.7 Å². The van der Waals surface area contributed by atoms with Crippen LogP contribution in [0.15, 0.2) is 237 Å². The second kappa shape index (κ2) is 14.4. The van der Waals surface area contributed by atoms with Gasteiger partial charge >= 0.3 is 0 Å². The summed E-state index contributed by atoms with van der Waals surface area (Å²) in [5, 5.41) is 2.53. The summed E-state index contributed by atoms with van der Waals surface area (Å²) in [5.41, 5.74) is 20.6. The molecule has 10 aromatic rings. The zero-order valence-corrected chi connectivity index (χ0v) is 35.5. The van der Waals surface area contributed by atoms with Crippen molar-refractivity contribution in [1.29, 1.82) is 0 Å². The molecular formula is C62H45N. The quantitative estimate of drug-likeness (QED) is 0.155. The largest absolute Gasteiger partial charge is 0.310 e. The van der Waals surface area contributed by atoms with Crippen LogP contribution in [0, 0.1) is 0 Å². The zero-order valence-electron chi connectivity index (χ0n) is 35.5. The van der Waals surface area contributed by atoms with E-state index in [4.69, 9.17) is 0 Å². The number of benzene rings is 10. The number of hydrogen-bond donors (Lipinski definition) is 0. The first-order valence-corrected chi connectivity index (χ1v) is 22.1. The second-order valence-corrected chi connectivity index (χ2v) is 17.6. The van der Waals surface area contributed by atoms with Crippen molar-refractivity contribution in [3.8, 4) is 44.5 Å². The van der Waals surface area contributed by atoms with Gasteiger partial charge in [-0.15, -0.1) is 0 Å². The molecule has 0 spiro atoms. The fraction of sp³-hybridized carbons (Fsp3) is 0.0645. The highest BCUT2D eigenvalue weighted by Crippen LogP contribution is 2.59. The summed E-state index contributed by atoms with van der Waals surface area (Å²) in [6, 6.07) is 87.9. The van der Waals surface area contributed by atoms with Gasteiger partial charge in [-0.1, -0.05) is 214 Å². The van der Waals surface area contributed by atoms with Crippen molar-refractivity contribution in [1.82, 2.24) is 0 Å². The molecule has 0 N–H and O–H groups in total. The molecule has 0 aliphatic heterocycles. The topological polar surface area (TPSA) is 3.24 Å². The van der Waals surface area contributed by atoms with Crippen LogP contribution in [0.25, 0.3) is 55.3 Å². The van der Waals surface area contributed by atoms with E-state index in [-0.39, 0.29) is 5.41 Å². The number of rotatable bonds is 7. The first-order chi connectivity index (χ1) is 31.0. The second-order valence-electron chi connectivity index (χ2n) is 17.6. The third kappa shape index (κ3) is 5.63. The van der Waals surface area contributed by atoms with Gasteiger partial charge in [-0.05, 0) is 125 Å². The average molecular weight is 804 g/mol. The maximum absolute atomic E-state index is 2.50. The van der Waals surface area contributed by atoms with Crippen LogP contribution in [-0.2, 0) is 10.8 Å². The molecule has 2 aliphatic carbocycles. The van der Waals surface area contributed by atoms with Gasteiger partial charge < -0.3 is 4.90 Å². The Morgan fingerprint density at radius 1 is 0.302 bits per heavy atom. The van der Waals surface area contributed by atoms with E-state index in [2.05, 4.69) is 255 Å². The molecule has 298 valence electrons. The Morgan fingerprint density at radius 3 is 1.48 bits per heavy atom. The molecule has 0 aromatic heterocycles. The molecule has 0 bridgehead atoms. The smallest absolute Gasteiger partial charge is 0.0714 e. The van der Waals surface area contributed by atoms with Gasteiger partial charge in [0.15, 0.2) is 0 Å². The Morgan fingerprint density at radius 2 is 0.810 bits per heavy atom. The van der Waals surface area contributed by atoms with Crippen LogP contribution in [-0.4, -0.2) is 0 Å². The third-order valence-corrected chi connectivity index (χ3v) is 14.0. The number of nitrogens with zero attached hydrogens (tertiary/aromatic N) is 1. The minimum atomic E-state index is -0.579. The van der Waals surface area contributed by atoms with E-state index < -0.39 is 5.41 Å². The lowest BCUT2D eigenvalue weighted by molar-refractivity contribution is 0.660. The van der Waals surface area contributed by atoms with Crippen LogP contribution < -0.4 is 4.90 Å². The van der Waals surface area contributed by atoms with Gasteiger partial charge in [0.25, 0.3) is 0 Å². The number of anilines is 3. The molecule has 0 amide bonds. The van der Waals surface area contributed by atoms with Crippen molar-refractivity contribution in [3.63, 3.8) is 0 Å². The van der Waals surface area contributed by atoms with Crippen molar-refractivity contribution in [2.24, 2.45) is 0 Å². The van der Waals surface area contributed by atoms with Crippen LogP contribution in [0.4, 0.5) is 17.1 Å². The predicted octanol–water partition coefficient (Wildman–Crippen LogP) is 16.3. The summed E-state index contributed by atoms with van der Waals surface area (Å²) in [6.45, 7) is 4.74. The molecule has 0 atom stereocenters. The Bertz CT molecular complexity index is 3290. The molecule has 0 heterocycles. The lowest BCUT2D eigenvalue weighted by Gasteiger charge is -2.35. The van der Waals surface area contributed by atoms with E-state index in [1.54, 1.807) is 0 Å². The van der Waals surface area contributed by atoms with Crippen molar-refractivity contribution in [2.75, 3.05) is 4.90 Å². The van der Waals surface area contributed by atoms with Gasteiger partial charge in [0, 0.05) is 22.5 Å². The summed E-state index contributed by atoms with van der Waals surface area (Å²) >= 11 is 0. The van der Waals surface area contributed by atoms with Crippen molar-refractivity contribution in [3.05, 3.63) is 270 Å². The molecule has 1 nitrogen and oxygen atoms in total. The standard InChI is InChI=1S/C62H45N/c1-61(2)56-29-16-15-26-52(56)53-36-34-48(40-58(53)61)63(47-32-30-43(31-33-47)42-18-7-3-8-19-42)49-35-37-55-59(41-49)62(45-22-11-5-12-23-45,46-24-13-6-14-25-46)57-39-38-51-50(44-20-9-4-10-21-44)27-17-28-54(51)60(55)57/h3-41H,1-2H3. The highest BCUT2D eigenvalue weighted by molar-refractivity contribution is 6.09. The minimum absolute atomic E-state index is 0.139. The summed E-state index contributed by atoms with van der Waals surface area (Å²) in [6.07, 6.45) is 0. The van der Waals surface area contributed by atoms with E-state index >= 15 is 0 Å². The molecule has 2 aliphatic rings. The van der Waals surface area contributed by atoms with Gasteiger partial charge in [-0.25, -0.2) is 0 Å². The van der Waals surface area contributed by atoms with E-state index in [9.17, 15) is 0 Å². The molecule has 10 aromatic carbocycles. The van der Waals surface area contributed by atoms with Gasteiger partial charge in [0.1, 0.15) is 0 Å². The Balaban J connectivity index is 1.13. The van der Waals surface area contributed by atoms with E-state index in [0.717, 1.165) is 17.1 Å². The van der Waals surface area contributed by atoms with Crippen LogP contribution in [0.5, 0.6) is 0 Å². The Labute approximate surface area is 370 Å². The molecule has 0 unspecified atom stereocenters.